The number of carbonyl (C=O) groups is 1. The van der Waals surface area contributed by atoms with Gasteiger partial charge in [0.15, 0.2) is 0 Å². The topological polar surface area (TPSA) is 74.2 Å². The van der Waals surface area contributed by atoms with E-state index in [1.54, 1.807) is 0 Å². The number of anilines is 1. The Morgan fingerprint density at radius 2 is 1.96 bits per heavy atom. The fourth-order valence-corrected chi connectivity index (χ4v) is 2.52. The highest BCUT2D eigenvalue weighted by Gasteiger charge is 2.14. The van der Waals surface area contributed by atoms with E-state index in [0.717, 1.165) is 16.8 Å². The van der Waals surface area contributed by atoms with Crippen molar-refractivity contribution in [3.63, 3.8) is 0 Å². The lowest BCUT2D eigenvalue weighted by molar-refractivity contribution is 0.243. The molecule has 0 saturated carbocycles. The molecule has 2 aromatic rings. The van der Waals surface area contributed by atoms with E-state index in [2.05, 4.69) is 15.6 Å². The third-order valence-corrected chi connectivity index (χ3v) is 3.50. The first-order valence-electron chi connectivity index (χ1n) is 7.77. The van der Waals surface area contributed by atoms with Gasteiger partial charge < -0.3 is 10.4 Å². The molecule has 0 fully saturated rings. The van der Waals surface area contributed by atoms with Gasteiger partial charge in [0.1, 0.15) is 5.82 Å². The molecule has 0 saturated heterocycles. The van der Waals surface area contributed by atoms with Gasteiger partial charge in [-0.3, -0.25) is 5.32 Å². The molecule has 1 aromatic carbocycles. The lowest BCUT2D eigenvalue weighted by atomic mass is 10.0. The van der Waals surface area contributed by atoms with Gasteiger partial charge in [-0.05, 0) is 49.9 Å². The summed E-state index contributed by atoms with van der Waals surface area (Å²) in [5.41, 5.74) is 2.93. The van der Waals surface area contributed by atoms with Crippen LogP contribution in [-0.4, -0.2) is 22.7 Å². The molecule has 0 bridgehead atoms. The number of urea groups is 1. The minimum Gasteiger partial charge on any atom is -0.396 e. The van der Waals surface area contributed by atoms with Gasteiger partial charge >= 0.3 is 6.03 Å². The smallest absolute Gasteiger partial charge is 0.320 e. The molecule has 2 amide bonds. The first-order chi connectivity index (χ1) is 11.1. The summed E-state index contributed by atoms with van der Waals surface area (Å²) in [5, 5.41) is 14.8. The third-order valence-electron chi connectivity index (χ3n) is 3.50. The molecule has 1 atom stereocenters. The Morgan fingerprint density at radius 1 is 1.22 bits per heavy atom. The van der Waals surface area contributed by atoms with Crippen LogP contribution in [0.2, 0.25) is 0 Å². The highest BCUT2D eigenvalue weighted by atomic mass is 16.3. The number of pyridine rings is 1. The van der Waals surface area contributed by atoms with E-state index in [1.165, 1.54) is 0 Å². The van der Waals surface area contributed by atoms with Gasteiger partial charge in [0.25, 0.3) is 0 Å². The van der Waals surface area contributed by atoms with Crippen molar-refractivity contribution < 1.29 is 9.90 Å². The maximum atomic E-state index is 12.3. The molecule has 5 nitrogen and oxygen atoms in total. The van der Waals surface area contributed by atoms with Crippen LogP contribution in [0.1, 0.15) is 35.7 Å². The minimum atomic E-state index is -0.297. The van der Waals surface area contributed by atoms with Crippen molar-refractivity contribution in [2.75, 3.05) is 11.9 Å². The number of hydrogen-bond acceptors (Lipinski definition) is 3. The Morgan fingerprint density at radius 3 is 2.61 bits per heavy atom. The van der Waals surface area contributed by atoms with Crippen LogP contribution in [0.4, 0.5) is 10.6 Å². The Hall–Kier alpha value is -2.40. The van der Waals surface area contributed by atoms with Gasteiger partial charge in [0.05, 0.1) is 6.04 Å². The number of carbonyl (C=O) groups excluding carboxylic acids is 1. The molecule has 1 heterocycles. The van der Waals surface area contributed by atoms with E-state index in [9.17, 15) is 4.79 Å². The summed E-state index contributed by atoms with van der Waals surface area (Å²) < 4.78 is 0. The zero-order valence-electron chi connectivity index (χ0n) is 13.5. The lowest BCUT2D eigenvalue weighted by Gasteiger charge is -2.19. The molecule has 23 heavy (non-hydrogen) atoms. The molecule has 0 aliphatic carbocycles. The second-order valence-electron chi connectivity index (χ2n) is 5.60. The van der Waals surface area contributed by atoms with Crippen LogP contribution in [0, 0.1) is 13.8 Å². The average Bonchev–Trinajstić information content (AvgIpc) is 2.51. The number of aryl methyl sites for hydroxylation is 2. The first-order valence-corrected chi connectivity index (χ1v) is 7.77. The van der Waals surface area contributed by atoms with Gasteiger partial charge in [0.2, 0.25) is 0 Å². The molecule has 0 spiro atoms. The van der Waals surface area contributed by atoms with E-state index in [4.69, 9.17) is 5.11 Å². The number of aliphatic hydroxyl groups excluding tert-OH is 1. The number of hydrogen-bond donors (Lipinski definition) is 3. The average molecular weight is 313 g/mol. The van der Waals surface area contributed by atoms with Gasteiger partial charge in [-0.2, -0.15) is 0 Å². The summed E-state index contributed by atoms with van der Waals surface area (Å²) in [7, 11) is 0. The van der Waals surface area contributed by atoms with Crippen LogP contribution in [0.5, 0.6) is 0 Å². The van der Waals surface area contributed by atoms with Crippen molar-refractivity contribution in [2.24, 2.45) is 0 Å². The van der Waals surface area contributed by atoms with Gasteiger partial charge in [-0.1, -0.05) is 30.3 Å². The Balaban J connectivity index is 2.05. The normalized spacial score (nSPS) is 11.8. The van der Waals surface area contributed by atoms with E-state index in [1.807, 2.05) is 56.3 Å². The van der Waals surface area contributed by atoms with Crippen LogP contribution < -0.4 is 10.6 Å². The third kappa shape index (κ3) is 5.38. The van der Waals surface area contributed by atoms with Crippen molar-refractivity contribution in [3.8, 4) is 0 Å². The SMILES string of the molecule is Cc1cc(C)nc(NC(=O)N[C@H](CCCO)c2ccccc2)c1. The number of nitrogens with zero attached hydrogens (tertiary/aromatic N) is 1. The van der Waals surface area contributed by atoms with Crippen molar-refractivity contribution >= 4 is 11.8 Å². The second kappa shape index (κ2) is 8.29. The maximum Gasteiger partial charge on any atom is 0.320 e. The Kier molecular flexibility index (Phi) is 6.11. The molecule has 0 aliphatic rings. The molecule has 0 unspecified atom stereocenters. The minimum absolute atomic E-state index is 0.102. The maximum absolute atomic E-state index is 12.3. The van der Waals surface area contributed by atoms with Gasteiger partial charge in [-0.15, -0.1) is 0 Å². The zero-order chi connectivity index (χ0) is 16.7. The van der Waals surface area contributed by atoms with E-state index in [-0.39, 0.29) is 18.7 Å². The molecule has 5 heteroatoms. The van der Waals surface area contributed by atoms with Crippen LogP contribution in [0.3, 0.4) is 0 Å². The quantitative estimate of drug-likeness (QED) is 0.766. The standard InChI is InChI=1S/C18H23N3O2/c1-13-11-14(2)19-17(12-13)21-18(23)20-16(9-6-10-22)15-7-4-3-5-8-15/h3-5,7-8,11-12,16,22H,6,9-10H2,1-2H3,(H2,19,20,21,23)/t16-/m1/s1. The fourth-order valence-electron chi connectivity index (χ4n) is 2.52. The number of amides is 2. The highest BCUT2D eigenvalue weighted by molar-refractivity contribution is 5.88. The first kappa shape index (κ1) is 17.0. The summed E-state index contributed by atoms with van der Waals surface area (Å²) in [4.78, 5) is 16.6. The summed E-state index contributed by atoms with van der Waals surface area (Å²) in [6.45, 7) is 3.96. The number of benzene rings is 1. The highest BCUT2D eigenvalue weighted by Crippen LogP contribution is 2.18. The predicted octanol–water partition coefficient (Wildman–Crippen LogP) is 3.33. The van der Waals surface area contributed by atoms with Crippen molar-refractivity contribution in [2.45, 2.75) is 32.7 Å². The molecule has 0 radical (unpaired) electrons. The van der Waals surface area contributed by atoms with Crippen molar-refractivity contribution in [3.05, 3.63) is 59.3 Å². The molecule has 0 aliphatic heterocycles. The summed E-state index contributed by atoms with van der Waals surface area (Å²) in [6.07, 6.45) is 1.30. The second-order valence-corrected chi connectivity index (χ2v) is 5.60. The molecule has 1 aromatic heterocycles. The number of nitrogens with one attached hydrogen (secondary N) is 2. The monoisotopic (exact) mass is 313 g/mol. The van der Waals surface area contributed by atoms with Gasteiger partial charge in [0, 0.05) is 12.3 Å². The fraction of sp³-hybridized carbons (Fsp3) is 0.333. The summed E-state index contributed by atoms with van der Waals surface area (Å²) >= 11 is 0. The zero-order valence-corrected chi connectivity index (χ0v) is 13.5. The van der Waals surface area contributed by atoms with Crippen LogP contribution in [-0.2, 0) is 0 Å². The number of aromatic nitrogens is 1. The van der Waals surface area contributed by atoms with Crippen LogP contribution >= 0.6 is 0 Å². The summed E-state index contributed by atoms with van der Waals surface area (Å²) in [5.74, 6) is 0.536. The van der Waals surface area contributed by atoms with E-state index < -0.39 is 0 Å². The molecule has 3 N–H and O–H groups in total. The Labute approximate surface area is 136 Å². The van der Waals surface area contributed by atoms with E-state index >= 15 is 0 Å². The number of aliphatic hydroxyl groups is 1. The largest absolute Gasteiger partial charge is 0.396 e. The van der Waals surface area contributed by atoms with Crippen molar-refractivity contribution in [1.82, 2.24) is 10.3 Å². The van der Waals surface area contributed by atoms with Crippen LogP contribution in [0.25, 0.3) is 0 Å². The number of rotatable bonds is 6. The van der Waals surface area contributed by atoms with Gasteiger partial charge in [-0.25, -0.2) is 9.78 Å². The van der Waals surface area contributed by atoms with Crippen LogP contribution in [0.15, 0.2) is 42.5 Å². The van der Waals surface area contributed by atoms with Crippen molar-refractivity contribution in [1.29, 1.82) is 0 Å². The molecule has 2 rings (SSSR count). The molecular formula is C18H23N3O2. The Bertz CT molecular complexity index is 624. The lowest BCUT2D eigenvalue weighted by Crippen LogP contribution is -2.33. The predicted molar refractivity (Wildman–Crippen MR) is 91.4 cm³/mol. The van der Waals surface area contributed by atoms with E-state index in [0.29, 0.717) is 18.7 Å². The molecule has 122 valence electrons. The summed E-state index contributed by atoms with van der Waals surface area (Å²) in [6, 6.07) is 13.1. The molecular weight excluding hydrogens is 290 g/mol.